The van der Waals surface area contributed by atoms with Gasteiger partial charge in [0.25, 0.3) is 0 Å². The van der Waals surface area contributed by atoms with Crippen LogP contribution in [0.2, 0.25) is 0 Å². The molecule has 2 saturated heterocycles. The first-order chi connectivity index (χ1) is 17.9. The van der Waals surface area contributed by atoms with Crippen LogP contribution in [0.4, 0.5) is 29.5 Å². The summed E-state index contributed by atoms with van der Waals surface area (Å²) in [6, 6.07) is 1.57. The van der Waals surface area contributed by atoms with Crippen LogP contribution in [0.15, 0.2) is 24.7 Å². The number of ether oxygens (including phenoxy) is 1. The molecule has 1 atom stereocenters. The summed E-state index contributed by atoms with van der Waals surface area (Å²) in [4.78, 5) is 39.6. The molecule has 2 aliphatic heterocycles. The van der Waals surface area contributed by atoms with Gasteiger partial charge in [-0.05, 0) is 34.1 Å². The number of hydrogen-bond acceptors (Lipinski definition) is 6. The van der Waals surface area contributed by atoms with Crippen molar-refractivity contribution in [3.05, 3.63) is 42.1 Å². The third-order valence-electron chi connectivity index (χ3n) is 6.71. The summed E-state index contributed by atoms with van der Waals surface area (Å²) in [6.07, 6.45) is 3.57. The fourth-order valence-electron chi connectivity index (χ4n) is 4.99. The summed E-state index contributed by atoms with van der Waals surface area (Å²) in [5.41, 5.74) is 0.228. The second-order valence-electron chi connectivity index (χ2n) is 10.6. The van der Waals surface area contributed by atoms with Crippen molar-refractivity contribution in [1.29, 1.82) is 0 Å². The summed E-state index contributed by atoms with van der Waals surface area (Å²) in [5.74, 6) is -3.78. The molecule has 3 aromatic rings. The molecule has 4 heterocycles. The highest BCUT2D eigenvalue weighted by Crippen LogP contribution is 2.38. The Kier molecular flexibility index (Phi) is 6.44. The highest BCUT2D eigenvalue weighted by Gasteiger charge is 2.34. The Balaban J connectivity index is 1.57. The maximum absolute atomic E-state index is 14.1. The van der Waals surface area contributed by atoms with Crippen LogP contribution in [-0.4, -0.2) is 69.3 Å². The molecule has 2 aliphatic rings. The standard InChI is InChI=1S/C26H29F3N6O3/c1-15-12-32(8-9-33(15)25(37)38-26(2,3)4)23-21-19(34-7-5-6-20(34)36)13-35(24(21)31-14-30-23)16-10-17(27)22(29)18(28)11-16/h10-11,13-15H,5-9,12H2,1-4H3/t15-/m1/s1. The van der Waals surface area contributed by atoms with E-state index in [1.807, 2.05) is 32.6 Å². The fourth-order valence-corrected chi connectivity index (χ4v) is 4.99. The van der Waals surface area contributed by atoms with Gasteiger partial charge in [0.05, 0.1) is 16.8 Å². The molecular formula is C26H29F3N6O3. The minimum absolute atomic E-state index is 0.0251. The second-order valence-corrected chi connectivity index (χ2v) is 10.6. The van der Waals surface area contributed by atoms with Crippen LogP contribution in [0.1, 0.15) is 40.5 Å². The van der Waals surface area contributed by atoms with Crippen LogP contribution >= 0.6 is 0 Å². The predicted octanol–water partition coefficient (Wildman–Crippen LogP) is 4.41. The van der Waals surface area contributed by atoms with Gasteiger partial charge in [0.2, 0.25) is 5.91 Å². The normalized spacial score (nSPS) is 18.6. The molecule has 2 aromatic heterocycles. The van der Waals surface area contributed by atoms with E-state index in [0.717, 1.165) is 12.1 Å². The highest BCUT2D eigenvalue weighted by atomic mass is 19.2. The Morgan fingerprint density at radius 1 is 1.08 bits per heavy atom. The molecule has 202 valence electrons. The van der Waals surface area contributed by atoms with Crippen LogP contribution in [-0.2, 0) is 9.53 Å². The van der Waals surface area contributed by atoms with Crippen LogP contribution in [0, 0.1) is 17.5 Å². The number of aromatic nitrogens is 3. The van der Waals surface area contributed by atoms with Gasteiger partial charge in [-0.1, -0.05) is 0 Å². The predicted molar refractivity (Wildman–Crippen MR) is 135 cm³/mol. The van der Waals surface area contributed by atoms with E-state index in [0.29, 0.717) is 61.6 Å². The number of carbonyl (C=O) groups is 2. The summed E-state index contributed by atoms with van der Waals surface area (Å²) >= 11 is 0. The van der Waals surface area contributed by atoms with E-state index >= 15 is 0 Å². The molecular weight excluding hydrogens is 501 g/mol. The number of nitrogens with zero attached hydrogens (tertiary/aromatic N) is 6. The van der Waals surface area contributed by atoms with E-state index in [1.54, 1.807) is 16.0 Å². The van der Waals surface area contributed by atoms with E-state index in [2.05, 4.69) is 9.97 Å². The summed E-state index contributed by atoms with van der Waals surface area (Å²) in [7, 11) is 0. The number of hydrogen-bond donors (Lipinski definition) is 0. The van der Waals surface area contributed by atoms with Crippen LogP contribution < -0.4 is 9.80 Å². The third kappa shape index (κ3) is 4.63. The Hall–Kier alpha value is -3.83. The quantitative estimate of drug-likeness (QED) is 0.467. The molecule has 38 heavy (non-hydrogen) atoms. The van der Waals surface area contributed by atoms with Gasteiger partial charge in [0.1, 0.15) is 17.7 Å². The maximum atomic E-state index is 14.1. The van der Waals surface area contributed by atoms with E-state index in [4.69, 9.17) is 4.74 Å². The topological polar surface area (TPSA) is 83.8 Å². The monoisotopic (exact) mass is 530 g/mol. The lowest BCUT2D eigenvalue weighted by Crippen LogP contribution is -2.55. The Bertz CT molecular complexity index is 1400. The van der Waals surface area contributed by atoms with Crippen molar-refractivity contribution in [3.8, 4) is 5.69 Å². The van der Waals surface area contributed by atoms with E-state index in [9.17, 15) is 22.8 Å². The molecule has 0 bridgehead atoms. The van der Waals surface area contributed by atoms with Gasteiger partial charge in [0, 0.05) is 57.0 Å². The lowest BCUT2D eigenvalue weighted by molar-refractivity contribution is -0.117. The van der Waals surface area contributed by atoms with Gasteiger partial charge in [-0.2, -0.15) is 0 Å². The second kappa shape index (κ2) is 9.48. The summed E-state index contributed by atoms with van der Waals surface area (Å²) in [5, 5.41) is 0.533. The lowest BCUT2D eigenvalue weighted by atomic mass is 10.1. The largest absolute Gasteiger partial charge is 0.444 e. The molecule has 2 fully saturated rings. The zero-order valence-corrected chi connectivity index (χ0v) is 21.7. The van der Waals surface area contributed by atoms with Gasteiger partial charge in [-0.25, -0.2) is 27.9 Å². The number of piperazine rings is 1. The smallest absolute Gasteiger partial charge is 0.410 e. The molecule has 9 nitrogen and oxygen atoms in total. The maximum Gasteiger partial charge on any atom is 0.410 e. The number of halogens is 3. The molecule has 0 N–H and O–H groups in total. The van der Waals surface area contributed by atoms with Gasteiger partial charge in [-0.3, -0.25) is 9.36 Å². The van der Waals surface area contributed by atoms with Gasteiger partial charge in [0.15, 0.2) is 23.1 Å². The average molecular weight is 531 g/mol. The van der Waals surface area contributed by atoms with E-state index in [1.165, 1.54) is 10.9 Å². The molecule has 0 radical (unpaired) electrons. The number of rotatable bonds is 3. The number of fused-ring (bicyclic) bond motifs is 1. The van der Waals surface area contributed by atoms with Gasteiger partial charge < -0.3 is 19.4 Å². The molecule has 1 aromatic carbocycles. The number of benzene rings is 1. The first kappa shape index (κ1) is 25.8. The Morgan fingerprint density at radius 3 is 2.39 bits per heavy atom. The van der Waals surface area contributed by atoms with Crippen molar-refractivity contribution < 1.29 is 27.5 Å². The number of anilines is 2. The van der Waals surface area contributed by atoms with Crippen molar-refractivity contribution >= 4 is 34.5 Å². The van der Waals surface area contributed by atoms with Crippen molar-refractivity contribution in [1.82, 2.24) is 19.4 Å². The highest BCUT2D eigenvalue weighted by molar-refractivity contribution is 6.08. The van der Waals surface area contributed by atoms with Gasteiger partial charge in [-0.15, -0.1) is 0 Å². The molecule has 2 amide bonds. The minimum atomic E-state index is -1.56. The SMILES string of the molecule is C[C@@H]1CN(c2ncnc3c2c(N2CCCC2=O)cn3-c2cc(F)c(F)c(F)c2)CCN1C(=O)OC(C)(C)C. The minimum Gasteiger partial charge on any atom is -0.444 e. The Morgan fingerprint density at radius 2 is 1.79 bits per heavy atom. The van der Waals surface area contributed by atoms with Crippen molar-refractivity contribution in [2.75, 3.05) is 36.0 Å². The van der Waals surface area contributed by atoms with Crippen LogP contribution in [0.25, 0.3) is 16.7 Å². The zero-order chi connectivity index (χ0) is 27.4. The van der Waals surface area contributed by atoms with E-state index in [-0.39, 0.29) is 17.6 Å². The first-order valence-electron chi connectivity index (χ1n) is 12.5. The molecule has 0 aliphatic carbocycles. The van der Waals surface area contributed by atoms with Crippen molar-refractivity contribution in [2.24, 2.45) is 0 Å². The molecule has 0 spiro atoms. The average Bonchev–Trinajstić information content (AvgIpc) is 3.44. The number of amides is 2. The third-order valence-corrected chi connectivity index (χ3v) is 6.71. The summed E-state index contributed by atoms with van der Waals surface area (Å²) in [6.45, 7) is 9.08. The molecule has 5 rings (SSSR count). The van der Waals surface area contributed by atoms with Crippen LogP contribution in [0.3, 0.4) is 0 Å². The lowest BCUT2D eigenvalue weighted by Gasteiger charge is -2.40. The Labute approximate surface area is 217 Å². The van der Waals surface area contributed by atoms with Crippen LogP contribution in [0.5, 0.6) is 0 Å². The number of carbonyl (C=O) groups excluding carboxylic acids is 2. The first-order valence-corrected chi connectivity index (χ1v) is 12.5. The van der Waals surface area contributed by atoms with Crippen molar-refractivity contribution in [3.63, 3.8) is 0 Å². The summed E-state index contributed by atoms with van der Waals surface area (Å²) < 4.78 is 48.9. The zero-order valence-electron chi connectivity index (χ0n) is 21.7. The molecule has 0 unspecified atom stereocenters. The van der Waals surface area contributed by atoms with Crippen molar-refractivity contribution in [2.45, 2.75) is 52.2 Å². The fraction of sp³-hybridized carbons (Fsp3) is 0.462. The molecule has 12 heteroatoms. The van der Waals surface area contributed by atoms with E-state index < -0.39 is 29.1 Å². The van der Waals surface area contributed by atoms with Gasteiger partial charge >= 0.3 is 6.09 Å². The molecule has 0 saturated carbocycles.